The predicted octanol–water partition coefficient (Wildman–Crippen LogP) is 4.14. The number of allylic oxidation sites excluding steroid dienone is 2. The van der Waals surface area contributed by atoms with Gasteiger partial charge in [0.05, 0.1) is 0 Å². The Balaban J connectivity index is 2.91. The standard InChI is InChI=1S/C10H19Cl/c1-2-3-4-5-6-7-8-9-10-11/h5-6H,2-4,7-10H2,1H3/b6-5+. The van der Waals surface area contributed by atoms with Crippen molar-refractivity contribution in [2.24, 2.45) is 0 Å². The molecule has 0 aliphatic rings. The Kier molecular flexibility index (Phi) is 10.1. The third-order valence-corrected chi connectivity index (χ3v) is 1.91. The summed E-state index contributed by atoms with van der Waals surface area (Å²) in [7, 11) is 0. The van der Waals surface area contributed by atoms with Gasteiger partial charge in [0, 0.05) is 5.88 Å². The summed E-state index contributed by atoms with van der Waals surface area (Å²) >= 11 is 5.54. The van der Waals surface area contributed by atoms with Crippen LogP contribution in [0.4, 0.5) is 0 Å². The van der Waals surface area contributed by atoms with Gasteiger partial charge in [-0.25, -0.2) is 0 Å². The molecule has 0 atom stereocenters. The molecule has 0 fully saturated rings. The number of hydrogen-bond acceptors (Lipinski definition) is 0. The predicted molar refractivity (Wildman–Crippen MR) is 53.2 cm³/mol. The Hall–Kier alpha value is 0.0300. The topological polar surface area (TPSA) is 0 Å². The maximum absolute atomic E-state index is 5.54. The molecule has 0 aromatic carbocycles. The molecule has 0 nitrogen and oxygen atoms in total. The van der Waals surface area contributed by atoms with Gasteiger partial charge in [0.15, 0.2) is 0 Å². The zero-order chi connectivity index (χ0) is 8.36. The van der Waals surface area contributed by atoms with Crippen LogP contribution in [0.3, 0.4) is 0 Å². The molecule has 0 rings (SSSR count). The largest absolute Gasteiger partial charge is 0.127 e. The van der Waals surface area contributed by atoms with Gasteiger partial charge in [0.1, 0.15) is 0 Å². The van der Waals surface area contributed by atoms with Crippen LogP contribution in [-0.2, 0) is 0 Å². The third kappa shape index (κ3) is 10.0. The molecule has 0 aromatic heterocycles. The lowest BCUT2D eigenvalue weighted by molar-refractivity contribution is 0.795. The van der Waals surface area contributed by atoms with Gasteiger partial charge in [-0.2, -0.15) is 0 Å². The molecular formula is C10H19Cl. The fourth-order valence-corrected chi connectivity index (χ4v) is 1.10. The number of hydrogen-bond donors (Lipinski definition) is 0. The van der Waals surface area contributed by atoms with Crippen LogP contribution in [0.2, 0.25) is 0 Å². The monoisotopic (exact) mass is 174 g/mol. The summed E-state index contributed by atoms with van der Waals surface area (Å²) in [6.07, 6.45) is 12.0. The van der Waals surface area contributed by atoms with E-state index in [-0.39, 0.29) is 0 Å². The first kappa shape index (κ1) is 11.0. The van der Waals surface area contributed by atoms with E-state index >= 15 is 0 Å². The molecule has 0 N–H and O–H groups in total. The van der Waals surface area contributed by atoms with Crippen LogP contribution in [0.15, 0.2) is 12.2 Å². The maximum atomic E-state index is 5.54. The highest BCUT2D eigenvalue weighted by atomic mass is 35.5. The van der Waals surface area contributed by atoms with Crippen LogP contribution in [-0.4, -0.2) is 5.88 Å². The number of unbranched alkanes of at least 4 members (excludes halogenated alkanes) is 4. The first-order valence-electron chi connectivity index (χ1n) is 4.62. The van der Waals surface area contributed by atoms with Crippen molar-refractivity contribution in [2.45, 2.75) is 45.4 Å². The fraction of sp³-hybridized carbons (Fsp3) is 0.800. The SMILES string of the molecule is CCCC/C=C/CCCCCl. The summed E-state index contributed by atoms with van der Waals surface area (Å²) in [6.45, 7) is 2.22. The summed E-state index contributed by atoms with van der Waals surface area (Å²) in [5.74, 6) is 0.808. The molecular weight excluding hydrogens is 156 g/mol. The zero-order valence-electron chi connectivity index (χ0n) is 7.48. The van der Waals surface area contributed by atoms with Crippen molar-refractivity contribution in [1.82, 2.24) is 0 Å². The van der Waals surface area contributed by atoms with Gasteiger partial charge in [-0.15, -0.1) is 11.6 Å². The molecule has 0 aromatic rings. The van der Waals surface area contributed by atoms with Crippen LogP contribution in [0, 0.1) is 0 Å². The van der Waals surface area contributed by atoms with E-state index < -0.39 is 0 Å². The minimum absolute atomic E-state index is 0.808. The number of alkyl halides is 1. The average Bonchev–Trinajstić information content (AvgIpc) is 2.03. The molecule has 0 amide bonds. The maximum Gasteiger partial charge on any atom is 0.0223 e. The second-order valence-corrected chi connectivity index (χ2v) is 3.18. The van der Waals surface area contributed by atoms with Crippen molar-refractivity contribution < 1.29 is 0 Å². The van der Waals surface area contributed by atoms with E-state index in [1.54, 1.807) is 0 Å². The number of halogens is 1. The highest BCUT2D eigenvalue weighted by Gasteiger charge is 1.82. The van der Waals surface area contributed by atoms with Crippen LogP contribution in [0.5, 0.6) is 0 Å². The molecule has 66 valence electrons. The lowest BCUT2D eigenvalue weighted by atomic mass is 10.2. The first-order valence-corrected chi connectivity index (χ1v) is 5.16. The quantitative estimate of drug-likeness (QED) is 0.309. The van der Waals surface area contributed by atoms with Crippen molar-refractivity contribution in [3.8, 4) is 0 Å². The van der Waals surface area contributed by atoms with E-state index in [1.165, 1.54) is 32.1 Å². The lowest BCUT2D eigenvalue weighted by Crippen LogP contribution is -1.74. The lowest BCUT2D eigenvalue weighted by Gasteiger charge is -1.91. The van der Waals surface area contributed by atoms with E-state index in [0.29, 0.717) is 0 Å². The summed E-state index contributed by atoms with van der Waals surface area (Å²) in [4.78, 5) is 0. The van der Waals surface area contributed by atoms with Gasteiger partial charge in [-0.05, 0) is 25.7 Å². The van der Waals surface area contributed by atoms with Gasteiger partial charge < -0.3 is 0 Å². The molecule has 0 aliphatic carbocycles. The van der Waals surface area contributed by atoms with Crippen LogP contribution >= 0.6 is 11.6 Å². The average molecular weight is 175 g/mol. The van der Waals surface area contributed by atoms with Crippen molar-refractivity contribution in [2.75, 3.05) is 5.88 Å². The highest BCUT2D eigenvalue weighted by molar-refractivity contribution is 6.17. The smallest absolute Gasteiger partial charge is 0.0223 e. The third-order valence-electron chi connectivity index (χ3n) is 1.65. The minimum atomic E-state index is 0.808. The van der Waals surface area contributed by atoms with E-state index in [2.05, 4.69) is 19.1 Å². The molecule has 11 heavy (non-hydrogen) atoms. The molecule has 0 radical (unpaired) electrons. The van der Waals surface area contributed by atoms with Crippen molar-refractivity contribution >= 4 is 11.6 Å². The summed E-state index contributed by atoms with van der Waals surface area (Å²) in [5.41, 5.74) is 0. The Morgan fingerprint density at radius 1 is 1.00 bits per heavy atom. The van der Waals surface area contributed by atoms with Gasteiger partial charge in [-0.1, -0.05) is 31.9 Å². The summed E-state index contributed by atoms with van der Waals surface area (Å²) < 4.78 is 0. The Morgan fingerprint density at radius 2 is 1.64 bits per heavy atom. The van der Waals surface area contributed by atoms with Crippen molar-refractivity contribution in [3.63, 3.8) is 0 Å². The molecule has 0 saturated heterocycles. The van der Waals surface area contributed by atoms with Gasteiger partial charge in [0.2, 0.25) is 0 Å². The zero-order valence-corrected chi connectivity index (χ0v) is 8.24. The molecule has 1 heteroatoms. The van der Waals surface area contributed by atoms with E-state index in [4.69, 9.17) is 11.6 Å². The first-order chi connectivity index (χ1) is 5.41. The fourth-order valence-electron chi connectivity index (χ4n) is 0.914. The molecule has 0 saturated carbocycles. The Morgan fingerprint density at radius 3 is 2.18 bits per heavy atom. The molecule has 0 unspecified atom stereocenters. The van der Waals surface area contributed by atoms with E-state index in [9.17, 15) is 0 Å². The Bertz CT molecular complexity index is 86.9. The van der Waals surface area contributed by atoms with Crippen molar-refractivity contribution in [3.05, 3.63) is 12.2 Å². The van der Waals surface area contributed by atoms with Gasteiger partial charge >= 0.3 is 0 Å². The van der Waals surface area contributed by atoms with Crippen LogP contribution in [0.1, 0.15) is 45.4 Å². The second-order valence-electron chi connectivity index (χ2n) is 2.80. The second kappa shape index (κ2) is 10.0. The van der Waals surface area contributed by atoms with E-state index in [1.807, 2.05) is 0 Å². The molecule has 0 spiro atoms. The molecule has 0 heterocycles. The normalized spacial score (nSPS) is 11.1. The number of rotatable bonds is 7. The van der Waals surface area contributed by atoms with Gasteiger partial charge in [-0.3, -0.25) is 0 Å². The van der Waals surface area contributed by atoms with Crippen LogP contribution in [0.25, 0.3) is 0 Å². The van der Waals surface area contributed by atoms with Crippen molar-refractivity contribution in [1.29, 1.82) is 0 Å². The summed E-state index contributed by atoms with van der Waals surface area (Å²) in [6, 6.07) is 0. The highest BCUT2D eigenvalue weighted by Crippen LogP contribution is 2.00. The molecule has 0 aliphatic heterocycles. The van der Waals surface area contributed by atoms with E-state index in [0.717, 1.165) is 12.3 Å². The minimum Gasteiger partial charge on any atom is -0.127 e. The molecule has 0 bridgehead atoms. The van der Waals surface area contributed by atoms with Crippen LogP contribution < -0.4 is 0 Å². The summed E-state index contributed by atoms with van der Waals surface area (Å²) in [5, 5.41) is 0. The van der Waals surface area contributed by atoms with Gasteiger partial charge in [0.25, 0.3) is 0 Å². The Labute approximate surface area is 75.6 Å².